The molecule has 0 aliphatic carbocycles. The summed E-state index contributed by atoms with van der Waals surface area (Å²) in [4.78, 5) is 16.8. The predicted octanol–water partition coefficient (Wildman–Crippen LogP) is 1.78. The first-order valence-electron chi connectivity index (χ1n) is 11.2. The van der Waals surface area contributed by atoms with Crippen molar-refractivity contribution < 1.29 is 5.11 Å². The number of aromatic nitrogens is 2. The number of nitrogens with zero attached hydrogens (tertiary/aromatic N) is 5. The number of piperazine rings is 1. The molecule has 1 aromatic rings. The van der Waals surface area contributed by atoms with E-state index in [0.29, 0.717) is 5.92 Å². The van der Waals surface area contributed by atoms with Crippen LogP contribution in [0.1, 0.15) is 57.1 Å². The van der Waals surface area contributed by atoms with Gasteiger partial charge in [0.05, 0.1) is 5.69 Å². The molecule has 3 saturated heterocycles. The zero-order chi connectivity index (χ0) is 19.3. The minimum atomic E-state index is -0.345. The van der Waals surface area contributed by atoms with E-state index < -0.39 is 0 Å². The van der Waals surface area contributed by atoms with Crippen molar-refractivity contribution in [1.29, 1.82) is 0 Å². The van der Waals surface area contributed by atoms with Gasteiger partial charge in [-0.25, -0.2) is 4.98 Å². The van der Waals surface area contributed by atoms with Crippen molar-refractivity contribution in [3.05, 3.63) is 11.8 Å². The average molecular weight is 389 g/mol. The van der Waals surface area contributed by atoms with Gasteiger partial charge in [0, 0.05) is 58.4 Å². The summed E-state index contributed by atoms with van der Waals surface area (Å²) in [6, 6.07) is 2.20. The molecule has 2 unspecified atom stereocenters. The van der Waals surface area contributed by atoms with Crippen LogP contribution in [0.3, 0.4) is 0 Å². The maximum Gasteiger partial charge on any atom is 0.227 e. The summed E-state index contributed by atoms with van der Waals surface area (Å²) < 4.78 is 0. The van der Waals surface area contributed by atoms with Gasteiger partial charge in [0.2, 0.25) is 5.95 Å². The Hall–Kier alpha value is -1.44. The van der Waals surface area contributed by atoms with E-state index in [1.165, 1.54) is 25.7 Å². The molecule has 2 atom stereocenters. The van der Waals surface area contributed by atoms with Crippen LogP contribution in [0.5, 0.6) is 0 Å². The van der Waals surface area contributed by atoms with Crippen LogP contribution in [0, 0.1) is 0 Å². The van der Waals surface area contributed by atoms with Crippen molar-refractivity contribution in [1.82, 2.24) is 20.2 Å². The van der Waals surface area contributed by atoms with Gasteiger partial charge >= 0.3 is 0 Å². The van der Waals surface area contributed by atoms with Crippen molar-refractivity contribution in [2.45, 2.75) is 57.6 Å². The van der Waals surface area contributed by atoms with Gasteiger partial charge in [-0.3, -0.25) is 4.90 Å². The highest BCUT2D eigenvalue weighted by atomic mass is 16.3. The monoisotopic (exact) mass is 388 g/mol. The number of nitrogens with one attached hydrogen (secondary N) is 1. The molecular weight excluding hydrogens is 352 g/mol. The second-order valence-corrected chi connectivity index (χ2v) is 8.58. The number of aliphatic hydroxyl groups is 1. The smallest absolute Gasteiger partial charge is 0.227 e. The molecule has 28 heavy (non-hydrogen) atoms. The Balaban J connectivity index is 1.45. The number of hydrogen-bond donors (Lipinski definition) is 2. The van der Waals surface area contributed by atoms with Crippen LogP contribution >= 0.6 is 0 Å². The summed E-state index contributed by atoms with van der Waals surface area (Å²) in [7, 11) is 0. The molecule has 4 heterocycles. The first-order chi connectivity index (χ1) is 13.7. The van der Waals surface area contributed by atoms with Crippen molar-refractivity contribution in [3.8, 4) is 0 Å². The van der Waals surface area contributed by atoms with Crippen LogP contribution < -0.4 is 15.1 Å². The van der Waals surface area contributed by atoms with Gasteiger partial charge in [-0.2, -0.15) is 4.98 Å². The first-order valence-corrected chi connectivity index (χ1v) is 11.2. The maximum absolute atomic E-state index is 10.6. The van der Waals surface area contributed by atoms with Gasteiger partial charge in [0.25, 0.3) is 0 Å². The third-order valence-corrected chi connectivity index (χ3v) is 6.48. The third-order valence-electron chi connectivity index (χ3n) is 6.48. The SMILES string of the molecule is CC(CCC(O)N1CCNCC1)c1cc(N2CCCC2)nc(N2CCCC2)n1. The Morgan fingerprint density at radius 2 is 1.57 bits per heavy atom. The zero-order valence-corrected chi connectivity index (χ0v) is 17.3. The van der Waals surface area contributed by atoms with Crippen LogP contribution in [0.25, 0.3) is 0 Å². The van der Waals surface area contributed by atoms with Crippen molar-refractivity contribution >= 4 is 11.8 Å². The minimum absolute atomic E-state index is 0.322. The quantitative estimate of drug-likeness (QED) is 0.738. The first kappa shape index (κ1) is 19.9. The molecule has 0 spiro atoms. The highest BCUT2D eigenvalue weighted by Gasteiger charge is 2.23. The Morgan fingerprint density at radius 1 is 0.929 bits per heavy atom. The fourth-order valence-corrected chi connectivity index (χ4v) is 4.57. The molecule has 156 valence electrons. The van der Waals surface area contributed by atoms with E-state index in [9.17, 15) is 5.11 Å². The molecule has 0 radical (unpaired) electrons. The van der Waals surface area contributed by atoms with E-state index in [1.807, 2.05) is 0 Å². The summed E-state index contributed by atoms with van der Waals surface area (Å²) >= 11 is 0. The molecule has 2 N–H and O–H groups in total. The topological polar surface area (TPSA) is 67.8 Å². The molecule has 0 bridgehead atoms. The number of rotatable bonds is 7. The molecular formula is C21H36N6O. The van der Waals surface area contributed by atoms with E-state index in [0.717, 1.165) is 82.7 Å². The molecule has 1 aromatic heterocycles. The van der Waals surface area contributed by atoms with Gasteiger partial charge in [-0.1, -0.05) is 6.92 Å². The lowest BCUT2D eigenvalue weighted by Gasteiger charge is -2.32. The number of aliphatic hydroxyl groups excluding tert-OH is 1. The predicted molar refractivity (Wildman–Crippen MR) is 113 cm³/mol. The summed E-state index contributed by atoms with van der Waals surface area (Å²) in [5.41, 5.74) is 1.13. The molecule has 3 aliphatic rings. The largest absolute Gasteiger partial charge is 0.378 e. The normalized spacial score (nSPS) is 23.4. The van der Waals surface area contributed by atoms with Crippen LogP contribution in [0.15, 0.2) is 6.07 Å². The maximum atomic E-state index is 10.6. The van der Waals surface area contributed by atoms with Crippen LogP contribution in [0.2, 0.25) is 0 Å². The highest BCUT2D eigenvalue weighted by molar-refractivity contribution is 5.47. The van der Waals surface area contributed by atoms with Crippen LogP contribution in [0.4, 0.5) is 11.8 Å². The molecule has 7 heteroatoms. The summed E-state index contributed by atoms with van der Waals surface area (Å²) in [6.45, 7) is 10.4. The van der Waals surface area contributed by atoms with Crippen molar-refractivity contribution in [2.24, 2.45) is 0 Å². The van der Waals surface area contributed by atoms with Gasteiger partial charge in [0.15, 0.2) is 0 Å². The summed E-state index contributed by atoms with van der Waals surface area (Å²) in [5, 5.41) is 13.9. The van der Waals surface area contributed by atoms with E-state index in [4.69, 9.17) is 9.97 Å². The number of anilines is 2. The molecule has 4 rings (SSSR count). The Kier molecular flexibility index (Phi) is 6.65. The van der Waals surface area contributed by atoms with Crippen LogP contribution in [-0.2, 0) is 0 Å². The molecule has 7 nitrogen and oxygen atoms in total. The summed E-state index contributed by atoms with van der Waals surface area (Å²) in [5.74, 6) is 2.33. The average Bonchev–Trinajstić information content (AvgIpc) is 3.46. The lowest BCUT2D eigenvalue weighted by Crippen LogP contribution is -2.48. The molecule has 0 amide bonds. The second kappa shape index (κ2) is 9.37. The zero-order valence-electron chi connectivity index (χ0n) is 17.3. The highest BCUT2D eigenvalue weighted by Crippen LogP contribution is 2.28. The molecule has 3 fully saturated rings. The standard InChI is InChI=1S/C21H36N6O/c1-17(6-7-20(28)26-14-8-22-9-15-26)18-16-19(25-10-2-3-11-25)24-21(23-18)27-12-4-5-13-27/h16-17,20,22,28H,2-15H2,1H3. The fourth-order valence-electron chi connectivity index (χ4n) is 4.57. The van der Waals surface area contributed by atoms with Gasteiger partial charge in [-0.15, -0.1) is 0 Å². The fraction of sp³-hybridized carbons (Fsp3) is 0.810. The van der Waals surface area contributed by atoms with E-state index in [-0.39, 0.29) is 6.23 Å². The Bertz CT molecular complexity index is 589. The molecule has 0 aromatic carbocycles. The summed E-state index contributed by atoms with van der Waals surface area (Å²) in [6.07, 6.45) is 6.38. The van der Waals surface area contributed by atoms with E-state index >= 15 is 0 Å². The van der Waals surface area contributed by atoms with E-state index in [2.05, 4.69) is 33.0 Å². The van der Waals surface area contributed by atoms with Gasteiger partial charge in [-0.05, 0) is 44.4 Å². The van der Waals surface area contributed by atoms with Crippen LogP contribution in [-0.4, -0.2) is 78.6 Å². The molecule has 0 saturated carbocycles. The number of hydrogen-bond acceptors (Lipinski definition) is 7. The van der Waals surface area contributed by atoms with Crippen molar-refractivity contribution in [3.63, 3.8) is 0 Å². The van der Waals surface area contributed by atoms with Gasteiger partial charge in [0.1, 0.15) is 12.0 Å². The van der Waals surface area contributed by atoms with E-state index in [1.54, 1.807) is 0 Å². The second-order valence-electron chi connectivity index (χ2n) is 8.58. The lowest BCUT2D eigenvalue weighted by atomic mass is 10.00. The lowest BCUT2D eigenvalue weighted by molar-refractivity contribution is -0.0113. The minimum Gasteiger partial charge on any atom is -0.378 e. The van der Waals surface area contributed by atoms with Crippen molar-refractivity contribution in [2.75, 3.05) is 62.2 Å². The Labute approximate surface area is 169 Å². The van der Waals surface area contributed by atoms with Gasteiger partial charge < -0.3 is 20.2 Å². The third kappa shape index (κ3) is 4.75. The molecule has 3 aliphatic heterocycles. The Morgan fingerprint density at radius 3 is 2.25 bits per heavy atom.